The highest BCUT2D eigenvalue weighted by Gasteiger charge is 2.00. The van der Waals surface area contributed by atoms with Crippen molar-refractivity contribution in [2.24, 2.45) is 0 Å². The Bertz CT molecular complexity index is 1510. The maximum atomic E-state index is 10.3. The average molecular weight is 1030 g/mol. The van der Waals surface area contributed by atoms with Gasteiger partial charge in [0.05, 0.1) is 13.2 Å². The lowest BCUT2D eigenvalue weighted by Gasteiger charge is -2.03. The Morgan fingerprint density at radius 3 is 0.838 bits per heavy atom. The Kier molecular flexibility index (Phi) is 70.9. The molecule has 8 nitrogen and oxygen atoms in total. The van der Waals surface area contributed by atoms with Gasteiger partial charge in [-0.3, -0.25) is 14.4 Å². The van der Waals surface area contributed by atoms with Gasteiger partial charge in [-0.05, 0) is 85.0 Å². The number of aliphatic hydroxyl groups is 1. The molecular formula is C66H112O8. The van der Waals surface area contributed by atoms with Crippen LogP contribution in [0.5, 0.6) is 0 Å². The second kappa shape index (κ2) is 68.8. The number of carboxylic acids is 3. The SMILES string of the molecule is C#CCCCCCCCCCCCC(=O)O.C#CCCCCCCCCCCCCCC(=O)O.C#CCCCCCCCCCCCCCCCC(=O)O.C#CCOC/C(C)=C/CC/C(C)=C/CC/C(C)=C/CO. The molecule has 0 rings (SSSR count). The van der Waals surface area contributed by atoms with E-state index in [-0.39, 0.29) is 6.61 Å². The summed E-state index contributed by atoms with van der Waals surface area (Å²) < 4.78 is 5.27. The molecule has 0 saturated heterocycles. The maximum Gasteiger partial charge on any atom is 0.303 e. The number of carboxylic acid groups (broad SMARTS) is 3. The van der Waals surface area contributed by atoms with Crippen LogP contribution in [0.1, 0.15) is 297 Å². The van der Waals surface area contributed by atoms with Crippen LogP contribution in [0.25, 0.3) is 0 Å². The van der Waals surface area contributed by atoms with Crippen LogP contribution < -0.4 is 0 Å². The van der Waals surface area contributed by atoms with E-state index in [0.717, 1.165) is 89.9 Å². The van der Waals surface area contributed by atoms with Crippen molar-refractivity contribution >= 4 is 17.9 Å². The van der Waals surface area contributed by atoms with Crippen molar-refractivity contribution in [1.82, 2.24) is 0 Å². The van der Waals surface area contributed by atoms with Crippen LogP contribution in [0.2, 0.25) is 0 Å². The molecule has 0 saturated carbocycles. The molecule has 0 aliphatic rings. The smallest absolute Gasteiger partial charge is 0.303 e. The van der Waals surface area contributed by atoms with E-state index in [9.17, 15) is 14.4 Å². The average Bonchev–Trinajstić information content (AvgIpc) is 3.36. The number of hydrogen-bond acceptors (Lipinski definition) is 5. The molecule has 0 amide bonds. The van der Waals surface area contributed by atoms with E-state index in [4.69, 9.17) is 50.9 Å². The fourth-order valence-electron chi connectivity index (χ4n) is 8.07. The van der Waals surface area contributed by atoms with Crippen molar-refractivity contribution in [3.8, 4) is 49.4 Å². The number of carbonyl (C=O) groups is 3. The summed E-state index contributed by atoms with van der Waals surface area (Å²) in [6.45, 7) is 7.44. The van der Waals surface area contributed by atoms with Gasteiger partial charge in [-0.15, -0.1) is 43.5 Å². The third-order valence-electron chi connectivity index (χ3n) is 12.7. The van der Waals surface area contributed by atoms with Gasteiger partial charge >= 0.3 is 17.9 Å². The van der Waals surface area contributed by atoms with E-state index in [1.54, 1.807) is 0 Å². The third-order valence-corrected chi connectivity index (χ3v) is 12.7. The van der Waals surface area contributed by atoms with Gasteiger partial charge in [0.1, 0.15) is 6.61 Å². The molecule has 0 aromatic carbocycles. The number of aliphatic hydroxyl groups excluding tert-OH is 1. The number of ether oxygens (including phenoxy) is 1. The highest BCUT2D eigenvalue weighted by molar-refractivity contribution is 5.67. The molecule has 0 spiro atoms. The summed E-state index contributed by atoms with van der Waals surface area (Å²) in [5.74, 6) is 8.47. The predicted molar refractivity (Wildman–Crippen MR) is 316 cm³/mol. The van der Waals surface area contributed by atoms with Crippen molar-refractivity contribution in [1.29, 1.82) is 0 Å². The number of terminal acetylenes is 4. The quantitative estimate of drug-likeness (QED) is 0.0268. The first-order valence-electron chi connectivity index (χ1n) is 29.5. The van der Waals surface area contributed by atoms with Crippen molar-refractivity contribution in [3.05, 3.63) is 34.9 Å². The monoisotopic (exact) mass is 1030 g/mol. The summed E-state index contributed by atoms with van der Waals surface area (Å²) in [5, 5.41) is 34.2. The molecule has 0 radical (unpaired) electrons. The molecule has 0 aromatic rings. The maximum absolute atomic E-state index is 10.3. The third kappa shape index (κ3) is 81.8. The molecule has 0 aliphatic heterocycles. The number of rotatable bonds is 49. The molecule has 74 heavy (non-hydrogen) atoms. The zero-order valence-electron chi connectivity index (χ0n) is 48.0. The molecule has 0 aliphatic carbocycles. The first kappa shape index (κ1) is 76.3. The fourth-order valence-corrected chi connectivity index (χ4v) is 8.07. The second-order valence-electron chi connectivity index (χ2n) is 20.1. The zero-order chi connectivity index (χ0) is 55.6. The Balaban J connectivity index is -0.000000443. The first-order valence-corrected chi connectivity index (χ1v) is 29.5. The Hall–Kier alpha value is -4.21. The van der Waals surface area contributed by atoms with Gasteiger partial charge in [0, 0.05) is 38.5 Å². The number of aliphatic carboxylic acids is 3. The van der Waals surface area contributed by atoms with Gasteiger partial charge in [0.25, 0.3) is 0 Å². The number of allylic oxidation sites excluding steroid dienone is 4. The van der Waals surface area contributed by atoms with Gasteiger partial charge in [-0.1, -0.05) is 214 Å². The van der Waals surface area contributed by atoms with Crippen LogP contribution in [0.4, 0.5) is 0 Å². The first-order chi connectivity index (χ1) is 35.9. The van der Waals surface area contributed by atoms with Gasteiger partial charge in [-0.2, -0.15) is 0 Å². The van der Waals surface area contributed by atoms with Crippen LogP contribution in [-0.2, 0) is 19.1 Å². The molecule has 8 heteroatoms. The van der Waals surface area contributed by atoms with Crippen LogP contribution in [-0.4, -0.2) is 58.2 Å². The van der Waals surface area contributed by atoms with Crippen LogP contribution in [0.3, 0.4) is 0 Å². The number of unbranched alkanes of at least 4 members (excludes halogenated alkanes) is 33. The minimum absolute atomic E-state index is 0.139. The van der Waals surface area contributed by atoms with Crippen LogP contribution in [0.15, 0.2) is 34.9 Å². The Morgan fingerprint density at radius 1 is 0.351 bits per heavy atom. The van der Waals surface area contributed by atoms with Crippen LogP contribution in [0, 0.1) is 49.4 Å². The topological polar surface area (TPSA) is 141 Å². The van der Waals surface area contributed by atoms with Crippen molar-refractivity contribution in [3.63, 3.8) is 0 Å². The Morgan fingerprint density at radius 2 is 0.595 bits per heavy atom. The molecule has 0 fully saturated rings. The molecule has 0 heterocycles. The predicted octanol–water partition coefficient (Wildman–Crippen LogP) is 18.4. The van der Waals surface area contributed by atoms with Crippen molar-refractivity contribution in [2.75, 3.05) is 19.8 Å². The van der Waals surface area contributed by atoms with E-state index >= 15 is 0 Å². The Labute approximate surface area is 456 Å². The van der Waals surface area contributed by atoms with E-state index in [2.05, 4.69) is 56.6 Å². The van der Waals surface area contributed by atoms with E-state index in [1.165, 1.54) is 184 Å². The summed E-state index contributed by atoms with van der Waals surface area (Å²) in [6.07, 6.45) is 75.4. The van der Waals surface area contributed by atoms with Crippen molar-refractivity contribution in [2.45, 2.75) is 297 Å². The molecule has 0 bridgehead atoms. The van der Waals surface area contributed by atoms with Gasteiger partial charge < -0.3 is 25.2 Å². The second-order valence-corrected chi connectivity index (χ2v) is 20.1. The standard InChI is InChI=1S/C18H28O2.C18H32O2.C16H28O2.C14H24O2/c1-5-14-20-15-18(4)11-7-9-16(2)8-6-10-17(3)12-13-19;1-2-3-4-5-6-7-8-9-10-11-12-13-14-15-16-17-18(19)20;1-2-3-4-5-6-7-8-9-10-11-12-13-14-15-16(17)18;1-2-3-4-5-6-7-8-9-10-11-12-13-14(15)16/h1,8,11-12,19H,6-7,9-10,13-15H2,2-4H3;1H,3-17H2,(H,19,20);1H,3-15H2,(H,17,18);1H,3-13H2,(H,15,16)/b16-8+,17-12+,18-11+;;;. The minimum atomic E-state index is -0.673. The molecule has 4 N–H and O–H groups in total. The highest BCUT2D eigenvalue weighted by atomic mass is 16.5. The lowest BCUT2D eigenvalue weighted by molar-refractivity contribution is -0.138. The molecular weight excluding hydrogens is 921 g/mol. The van der Waals surface area contributed by atoms with Gasteiger partial charge in [0.15, 0.2) is 0 Å². The molecule has 424 valence electrons. The zero-order valence-corrected chi connectivity index (χ0v) is 48.0. The van der Waals surface area contributed by atoms with Crippen molar-refractivity contribution < 1.29 is 39.5 Å². The number of hydrogen-bond donors (Lipinski definition) is 4. The summed E-state index contributed by atoms with van der Waals surface area (Å²) in [7, 11) is 0. The van der Waals surface area contributed by atoms with E-state index < -0.39 is 17.9 Å². The van der Waals surface area contributed by atoms with E-state index in [1.807, 2.05) is 6.08 Å². The van der Waals surface area contributed by atoms with Gasteiger partial charge in [0.2, 0.25) is 0 Å². The largest absolute Gasteiger partial charge is 0.481 e. The summed E-state index contributed by atoms with van der Waals surface area (Å²) in [6, 6.07) is 0. The fraction of sp³-hybridized carbons (Fsp3) is 0.742. The minimum Gasteiger partial charge on any atom is -0.481 e. The highest BCUT2D eigenvalue weighted by Crippen LogP contribution is 2.16. The summed E-state index contributed by atoms with van der Waals surface area (Å²) >= 11 is 0. The molecule has 0 unspecified atom stereocenters. The summed E-state index contributed by atoms with van der Waals surface area (Å²) in [5.41, 5.74) is 3.89. The summed E-state index contributed by atoms with van der Waals surface area (Å²) in [4.78, 5) is 30.9. The van der Waals surface area contributed by atoms with E-state index in [0.29, 0.717) is 32.5 Å². The van der Waals surface area contributed by atoms with Crippen LogP contribution >= 0.6 is 0 Å². The lowest BCUT2D eigenvalue weighted by atomic mass is 10.0. The lowest BCUT2D eigenvalue weighted by Crippen LogP contribution is -1.95. The van der Waals surface area contributed by atoms with Gasteiger partial charge in [-0.25, -0.2) is 0 Å². The normalized spacial score (nSPS) is 11.1. The molecule has 0 aromatic heterocycles. The molecule has 0 atom stereocenters.